The summed E-state index contributed by atoms with van der Waals surface area (Å²) in [5.74, 6) is 0.677. The fraction of sp³-hybridized carbons (Fsp3) is 0.417. The predicted molar refractivity (Wildman–Crippen MR) is 64.1 cm³/mol. The normalized spacial score (nSPS) is 29.3. The molecule has 0 N–H and O–H groups in total. The summed E-state index contributed by atoms with van der Waals surface area (Å²) in [6.45, 7) is 2.19. The van der Waals surface area contributed by atoms with Crippen LogP contribution in [-0.2, 0) is 0 Å². The van der Waals surface area contributed by atoms with Crippen molar-refractivity contribution in [2.24, 2.45) is 5.92 Å². The highest BCUT2D eigenvalue weighted by molar-refractivity contribution is 8.01. The second-order valence-corrected chi connectivity index (χ2v) is 6.07. The Morgan fingerprint density at radius 2 is 2.27 bits per heavy atom. The summed E-state index contributed by atoms with van der Waals surface area (Å²) in [6, 6.07) is 10.2. The van der Waals surface area contributed by atoms with Crippen LogP contribution in [0.3, 0.4) is 0 Å². The standard InChI is InChI=1S/C12H12ClNS/c1-9-6-12(7-9,8-14)15-11-4-2-3-10(13)5-11/h2-5,9H,6-7H2,1H3. The van der Waals surface area contributed by atoms with Gasteiger partial charge in [0.15, 0.2) is 0 Å². The maximum absolute atomic E-state index is 9.18. The van der Waals surface area contributed by atoms with Crippen molar-refractivity contribution in [3.63, 3.8) is 0 Å². The zero-order valence-electron chi connectivity index (χ0n) is 8.53. The molecule has 1 aliphatic carbocycles. The Labute approximate surface area is 99.4 Å². The van der Waals surface area contributed by atoms with Crippen molar-refractivity contribution in [3.8, 4) is 6.07 Å². The number of rotatable bonds is 2. The number of halogens is 1. The molecule has 0 heterocycles. The largest absolute Gasteiger partial charge is 0.197 e. The molecule has 0 spiro atoms. The van der Waals surface area contributed by atoms with Crippen molar-refractivity contribution in [3.05, 3.63) is 29.3 Å². The number of nitrogens with zero attached hydrogens (tertiary/aromatic N) is 1. The smallest absolute Gasteiger partial charge is 0.107 e. The molecule has 0 amide bonds. The summed E-state index contributed by atoms with van der Waals surface area (Å²) in [5, 5.41) is 9.92. The SMILES string of the molecule is CC1CC(C#N)(Sc2cccc(Cl)c2)C1. The van der Waals surface area contributed by atoms with Gasteiger partial charge in [0, 0.05) is 9.92 Å². The molecule has 0 aromatic heterocycles. The van der Waals surface area contributed by atoms with Crippen LogP contribution in [0, 0.1) is 17.2 Å². The van der Waals surface area contributed by atoms with Crippen molar-refractivity contribution >= 4 is 23.4 Å². The van der Waals surface area contributed by atoms with Crippen molar-refractivity contribution in [1.29, 1.82) is 5.26 Å². The van der Waals surface area contributed by atoms with Crippen LogP contribution in [0.5, 0.6) is 0 Å². The van der Waals surface area contributed by atoms with Crippen LogP contribution in [0.15, 0.2) is 29.2 Å². The quantitative estimate of drug-likeness (QED) is 0.773. The summed E-state index contributed by atoms with van der Waals surface area (Å²) < 4.78 is -0.204. The van der Waals surface area contributed by atoms with E-state index in [0.29, 0.717) is 5.92 Å². The molecule has 1 fully saturated rings. The molecule has 0 unspecified atom stereocenters. The van der Waals surface area contributed by atoms with Gasteiger partial charge < -0.3 is 0 Å². The number of thioether (sulfide) groups is 1. The predicted octanol–water partition coefficient (Wildman–Crippen LogP) is 4.12. The maximum atomic E-state index is 9.18. The van der Waals surface area contributed by atoms with Gasteiger partial charge in [-0.05, 0) is 37.0 Å². The number of hydrogen-bond acceptors (Lipinski definition) is 2. The Kier molecular flexibility index (Phi) is 2.95. The molecule has 1 nitrogen and oxygen atoms in total. The van der Waals surface area contributed by atoms with E-state index in [-0.39, 0.29) is 4.75 Å². The van der Waals surface area contributed by atoms with E-state index in [1.54, 1.807) is 11.8 Å². The lowest BCUT2D eigenvalue weighted by Gasteiger charge is -2.40. The van der Waals surface area contributed by atoms with Gasteiger partial charge in [0.25, 0.3) is 0 Å². The van der Waals surface area contributed by atoms with E-state index < -0.39 is 0 Å². The van der Waals surface area contributed by atoms with E-state index in [0.717, 1.165) is 22.8 Å². The van der Waals surface area contributed by atoms with E-state index in [1.165, 1.54) is 0 Å². The average molecular weight is 238 g/mol. The van der Waals surface area contributed by atoms with Crippen LogP contribution in [-0.4, -0.2) is 4.75 Å². The van der Waals surface area contributed by atoms with Gasteiger partial charge in [-0.15, -0.1) is 11.8 Å². The molecule has 0 radical (unpaired) electrons. The molecule has 2 rings (SSSR count). The maximum Gasteiger partial charge on any atom is 0.107 e. The zero-order valence-corrected chi connectivity index (χ0v) is 10.1. The first-order valence-electron chi connectivity index (χ1n) is 4.99. The molecule has 0 saturated heterocycles. The van der Waals surface area contributed by atoms with Crippen molar-refractivity contribution in [2.45, 2.75) is 29.4 Å². The van der Waals surface area contributed by atoms with Crippen LogP contribution in [0.2, 0.25) is 5.02 Å². The lowest BCUT2D eigenvalue weighted by molar-refractivity contribution is 0.303. The summed E-state index contributed by atoms with van der Waals surface area (Å²) in [7, 11) is 0. The zero-order chi connectivity index (χ0) is 10.9. The number of nitriles is 1. The first-order valence-corrected chi connectivity index (χ1v) is 6.19. The third-order valence-electron chi connectivity index (χ3n) is 2.67. The lowest BCUT2D eigenvalue weighted by Crippen LogP contribution is -2.37. The molecule has 1 aliphatic rings. The summed E-state index contributed by atoms with van der Waals surface area (Å²) in [4.78, 5) is 1.09. The van der Waals surface area contributed by atoms with Gasteiger partial charge in [-0.1, -0.05) is 24.6 Å². The van der Waals surface area contributed by atoms with E-state index >= 15 is 0 Å². The first kappa shape index (κ1) is 10.9. The van der Waals surface area contributed by atoms with Crippen molar-refractivity contribution in [1.82, 2.24) is 0 Å². The highest BCUT2D eigenvalue weighted by Crippen LogP contribution is 2.50. The van der Waals surface area contributed by atoms with E-state index in [9.17, 15) is 5.26 Å². The molecule has 0 atom stereocenters. The average Bonchev–Trinajstić information content (AvgIpc) is 2.15. The van der Waals surface area contributed by atoms with Crippen LogP contribution in [0.25, 0.3) is 0 Å². The highest BCUT2D eigenvalue weighted by atomic mass is 35.5. The molecule has 1 aromatic rings. The van der Waals surface area contributed by atoms with Gasteiger partial charge in [0.2, 0.25) is 0 Å². The number of hydrogen-bond donors (Lipinski definition) is 0. The minimum absolute atomic E-state index is 0.204. The third-order valence-corrected chi connectivity index (χ3v) is 4.21. The van der Waals surface area contributed by atoms with Crippen molar-refractivity contribution < 1.29 is 0 Å². The first-order chi connectivity index (χ1) is 7.13. The molecule has 1 saturated carbocycles. The Morgan fingerprint density at radius 3 is 2.80 bits per heavy atom. The van der Waals surface area contributed by atoms with Crippen LogP contribution < -0.4 is 0 Å². The monoisotopic (exact) mass is 237 g/mol. The minimum Gasteiger partial charge on any atom is -0.197 e. The highest BCUT2D eigenvalue weighted by Gasteiger charge is 2.43. The Hall–Kier alpha value is -0.650. The molecule has 3 heteroatoms. The van der Waals surface area contributed by atoms with Gasteiger partial charge >= 0.3 is 0 Å². The van der Waals surface area contributed by atoms with Gasteiger partial charge in [-0.3, -0.25) is 0 Å². The second-order valence-electron chi connectivity index (χ2n) is 4.18. The molecule has 0 aliphatic heterocycles. The molecule has 15 heavy (non-hydrogen) atoms. The molecule has 1 aromatic carbocycles. The summed E-state index contributed by atoms with van der Waals surface area (Å²) in [6.07, 6.45) is 1.97. The minimum atomic E-state index is -0.204. The van der Waals surface area contributed by atoms with Gasteiger partial charge in [0.05, 0.1) is 6.07 Å². The number of benzene rings is 1. The Bertz CT molecular complexity index is 404. The van der Waals surface area contributed by atoms with Crippen molar-refractivity contribution in [2.75, 3.05) is 0 Å². The van der Waals surface area contributed by atoms with Gasteiger partial charge in [0.1, 0.15) is 4.75 Å². The second kappa shape index (κ2) is 4.08. The van der Waals surface area contributed by atoms with E-state index in [1.807, 2.05) is 24.3 Å². The Balaban J connectivity index is 2.12. The third kappa shape index (κ3) is 2.30. The van der Waals surface area contributed by atoms with Crippen LogP contribution in [0.4, 0.5) is 0 Å². The van der Waals surface area contributed by atoms with E-state index in [4.69, 9.17) is 11.6 Å². The van der Waals surface area contributed by atoms with Crippen LogP contribution in [0.1, 0.15) is 19.8 Å². The molecule has 0 bridgehead atoms. The summed E-state index contributed by atoms with van der Waals surface area (Å²) >= 11 is 7.56. The molecular formula is C12H12ClNS. The summed E-state index contributed by atoms with van der Waals surface area (Å²) in [5.41, 5.74) is 0. The van der Waals surface area contributed by atoms with E-state index in [2.05, 4.69) is 13.0 Å². The molecule has 78 valence electrons. The van der Waals surface area contributed by atoms with Gasteiger partial charge in [-0.25, -0.2) is 0 Å². The van der Waals surface area contributed by atoms with Crippen LogP contribution >= 0.6 is 23.4 Å². The lowest BCUT2D eigenvalue weighted by atomic mass is 9.76. The fourth-order valence-electron chi connectivity index (χ4n) is 2.02. The fourth-order valence-corrected chi connectivity index (χ4v) is 3.84. The molecular weight excluding hydrogens is 226 g/mol. The Morgan fingerprint density at radius 1 is 1.53 bits per heavy atom. The topological polar surface area (TPSA) is 23.8 Å². The van der Waals surface area contributed by atoms with Gasteiger partial charge in [-0.2, -0.15) is 5.26 Å².